The summed E-state index contributed by atoms with van der Waals surface area (Å²) in [4.78, 5) is 13.8. The third-order valence-electron chi connectivity index (χ3n) is 6.86. The van der Waals surface area contributed by atoms with Crippen LogP contribution in [0.25, 0.3) is 11.3 Å². The van der Waals surface area contributed by atoms with E-state index in [2.05, 4.69) is 5.32 Å². The number of amides is 1. The van der Waals surface area contributed by atoms with Gasteiger partial charge in [0, 0.05) is 30.5 Å². The van der Waals surface area contributed by atoms with Crippen molar-refractivity contribution in [3.63, 3.8) is 0 Å². The molecule has 0 saturated carbocycles. The lowest BCUT2D eigenvalue weighted by Gasteiger charge is -2.26. The molecule has 5 rings (SSSR count). The molecular weight excluding hydrogens is 544 g/mol. The third-order valence-corrected chi connectivity index (χ3v) is 8.90. The van der Waals surface area contributed by atoms with Gasteiger partial charge in [-0.2, -0.15) is 9.40 Å². The van der Waals surface area contributed by atoms with Gasteiger partial charge in [0.15, 0.2) is 0 Å². The number of aryl methyl sites for hydroxylation is 1. The Balaban J connectivity index is 1.48. The molecule has 1 amide bonds. The van der Waals surface area contributed by atoms with E-state index in [0.717, 1.165) is 11.3 Å². The van der Waals surface area contributed by atoms with Gasteiger partial charge < -0.3 is 19.5 Å². The molecule has 0 aliphatic carbocycles. The summed E-state index contributed by atoms with van der Waals surface area (Å²) in [6.07, 6.45) is 1.68. The van der Waals surface area contributed by atoms with Gasteiger partial charge in [-0.3, -0.25) is 9.48 Å². The summed E-state index contributed by atoms with van der Waals surface area (Å²) in [5.74, 6) is 0.939. The molecule has 1 aliphatic heterocycles. The number of aromatic nitrogens is 2. The van der Waals surface area contributed by atoms with Gasteiger partial charge >= 0.3 is 0 Å². The smallest absolute Gasteiger partial charge is 0.259 e. The number of methoxy groups -OCH3 is 2. The fraction of sp³-hybridized carbons (Fsp3) is 0.267. The Labute approximate surface area is 239 Å². The summed E-state index contributed by atoms with van der Waals surface area (Å²) in [6, 6.07) is 19.8. The van der Waals surface area contributed by atoms with Gasteiger partial charge in [0.25, 0.3) is 5.91 Å². The van der Waals surface area contributed by atoms with Gasteiger partial charge in [0.2, 0.25) is 10.0 Å². The Hall–Kier alpha value is -4.19. The highest BCUT2D eigenvalue weighted by molar-refractivity contribution is 7.89. The minimum atomic E-state index is -3.75. The molecule has 0 bridgehead atoms. The average molecular weight is 577 g/mol. The summed E-state index contributed by atoms with van der Waals surface area (Å²) in [5.41, 5.74) is 3.42. The molecule has 3 aromatic carbocycles. The van der Waals surface area contributed by atoms with E-state index in [1.165, 1.54) is 10.4 Å². The summed E-state index contributed by atoms with van der Waals surface area (Å²) in [5, 5.41) is 7.63. The van der Waals surface area contributed by atoms with Gasteiger partial charge in [-0.05, 0) is 54.4 Å². The summed E-state index contributed by atoms with van der Waals surface area (Å²) in [6.45, 7) is 3.42. The minimum absolute atomic E-state index is 0.152. The van der Waals surface area contributed by atoms with Crippen molar-refractivity contribution in [3.8, 4) is 22.8 Å². The van der Waals surface area contributed by atoms with Crippen LogP contribution in [0, 0.1) is 6.92 Å². The van der Waals surface area contributed by atoms with Gasteiger partial charge in [0.05, 0.1) is 44.4 Å². The lowest BCUT2D eigenvalue weighted by atomic mass is 10.1. The summed E-state index contributed by atoms with van der Waals surface area (Å²) >= 11 is 0. The van der Waals surface area contributed by atoms with E-state index in [9.17, 15) is 13.2 Å². The second-order valence-electron chi connectivity index (χ2n) is 9.62. The van der Waals surface area contributed by atoms with Crippen molar-refractivity contribution in [1.82, 2.24) is 14.1 Å². The van der Waals surface area contributed by atoms with Crippen molar-refractivity contribution in [2.75, 3.05) is 45.8 Å². The summed E-state index contributed by atoms with van der Waals surface area (Å²) in [7, 11) is -0.562. The number of morpholine rings is 1. The normalized spacial score (nSPS) is 14.0. The van der Waals surface area contributed by atoms with Crippen LogP contribution < -0.4 is 14.8 Å². The number of carbonyl (C=O) groups is 1. The van der Waals surface area contributed by atoms with E-state index in [1.54, 1.807) is 44.2 Å². The lowest BCUT2D eigenvalue weighted by Crippen LogP contribution is -2.40. The number of nitrogens with zero attached hydrogens (tertiary/aromatic N) is 3. The van der Waals surface area contributed by atoms with Crippen molar-refractivity contribution in [2.24, 2.45) is 0 Å². The second-order valence-corrected chi connectivity index (χ2v) is 11.5. The molecule has 10 nitrogen and oxygen atoms in total. The first kappa shape index (κ1) is 28.3. The van der Waals surface area contributed by atoms with Crippen LogP contribution in [0.15, 0.2) is 77.8 Å². The molecule has 1 saturated heterocycles. The van der Waals surface area contributed by atoms with Crippen LogP contribution in [-0.4, -0.2) is 68.9 Å². The van der Waals surface area contributed by atoms with E-state index in [0.29, 0.717) is 53.6 Å². The zero-order valence-corrected chi connectivity index (χ0v) is 24.0. The second kappa shape index (κ2) is 12.1. The molecule has 1 aliphatic rings. The number of anilines is 1. The van der Waals surface area contributed by atoms with Crippen LogP contribution in [0.2, 0.25) is 0 Å². The zero-order valence-electron chi connectivity index (χ0n) is 23.2. The Kier molecular flexibility index (Phi) is 8.39. The van der Waals surface area contributed by atoms with Crippen LogP contribution in [0.3, 0.4) is 0 Å². The molecule has 1 N–H and O–H groups in total. The molecule has 0 unspecified atom stereocenters. The molecule has 11 heteroatoms. The highest BCUT2D eigenvalue weighted by atomic mass is 32.2. The molecule has 41 heavy (non-hydrogen) atoms. The molecule has 214 valence electrons. The first-order valence-electron chi connectivity index (χ1n) is 13.1. The maximum atomic E-state index is 13.7. The Morgan fingerprint density at radius 2 is 1.68 bits per heavy atom. The average Bonchev–Trinajstić information content (AvgIpc) is 3.42. The van der Waals surface area contributed by atoms with Gasteiger partial charge in [0.1, 0.15) is 17.2 Å². The van der Waals surface area contributed by atoms with E-state index >= 15 is 0 Å². The molecule has 1 aromatic heterocycles. The van der Waals surface area contributed by atoms with Crippen molar-refractivity contribution in [3.05, 3.63) is 89.6 Å². The van der Waals surface area contributed by atoms with E-state index in [-0.39, 0.29) is 18.0 Å². The van der Waals surface area contributed by atoms with Gasteiger partial charge in [-0.15, -0.1) is 0 Å². The van der Waals surface area contributed by atoms with Crippen LogP contribution in [-0.2, 0) is 21.3 Å². The van der Waals surface area contributed by atoms with Gasteiger partial charge in [-0.25, -0.2) is 8.42 Å². The molecule has 0 spiro atoms. The first-order chi connectivity index (χ1) is 19.8. The van der Waals surface area contributed by atoms with Crippen molar-refractivity contribution in [2.45, 2.75) is 18.4 Å². The largest absolute Gasteiger partial charge is 0.497 e. The maximum absolute atomic E-state index is 13.7. The predicted octanol–water partition coefficient (Wildman–Crippen LogP) is 4.20. The van der Waals surface area contributed by atoms with Crippen LogP contribution in [0.5, 0.6) is 11.5 Å². The topological polar surface area (TPSA) is 112 Å². The van der Waals surface area contributed by atoms with E-state index in [1.807, 2.05) is 48.5 Å². The van der Waals surface area contributed by atoms with Crippen molar-refractivity contribution in [1.29, 1.82) is 0 Å². The van der Waals surface area contributed by atoms with Crippen LogP contribution in [0.4, 0.5) is 5.69 Å². The zero-order chi connectivity index (χ0) is 29.0. The SMILES string of the molecule is COc1cccc(Cn2cc(C(=O)Nc3ccc(C)c(S(=O)(=O)N4CCOCC4)c3)c(-c3cccc(OC)c3)n2)c1. The first-order valence-corrected chi connectivity index (χ1v) is 14.6. The monoisotopic (exact) mass is 576 g/mol. The highest BCUT2D eigenvalue weighted by Crippen LogP contribution is 2.29. The number of rotatable bonds is 9. The van der Waals surface area contributed by atoms with Crippen LogP contribution >= 0.6 is 0 Å². The minimum Gasteiger partial charge on any atom is -0.497 e. The number of sulfonamides is 1. The fourth-order valence-corrected chi connectivity index (χ4v) is 6.35. The van der Waals surface area contributed by atoms with Crippen molar-refractivity contribution >= 4 is 21.6 Å². The number of hydrogen-bond donors (Lipinski definition) is 1. The molecule has 1 fully saturated rings. The molecule has 4 aromatic rings. The quantitative estimate of drug-likeness (QED) is 0.318. The molecule has 2 heterocycles. The summed E-state index contributed by atoms with van der Waals surface area (Å²) < 4.78 is 45.9. The van der Waals surface area contributed by atoms with E-state index < -0.39 is 15.9 Å². The third kappa shape index (κ3) is 6.27. The van der Waals surface area contributed by atoms with Crippen molar-refractivity contribution < 1.29 is 27.4 Å². The number of hydrogen-bond acceptors (Lipinski definition) is 7. The maximum Gasteiger partial charge on any atom is 0.259 e. The fourth-order valence-electron chi connectivity index (χ4n) is 4.69. The van der Waals surface area contributed by atoms with Gasteiger partial charge in [-0.1, -0.05) is 30.3 Å². The molecular formula is C30H32N4O6S. The molecule has 0 radical (unpaired) electrons. The molecule has 0 atom stereocenters. The standard InChI is InChI=1S/C30H32N4O6S/c1-21-10-11-24(18-28(21)41(36,37)34-12-14-40-15-13-34)31-30(35)27-20-33(19-22-6-4-8-25(16-22)38-2)32-29(27)23-7-5-9-26(17-23)39-3/h4-11,16-18,20H,12-15,19H2,1-3H3,(H,31,35). The Bertz CT molecular complexity index is 1660. The Morgan fingerprint density at radius 1 is 0.976 bits per heavy atom. The number of benzene rings is 3. The van der Waals surface area contributed by atoms with E-state index in [4.69, 9.17) is 19.3 Å². The number of ether oxygens (including phenoxy) is 3. The van der Waals surface area contributed by atoms with Crippen LogP contribution in [0.1, 0.15) is 21.5 Å². The number of carbonyl (C=O) groups excluding carboxylic acids is 1. The Morgan fingerprint density at radius 3 is 2.41 bits per heavy atom. The number of nitrogens with one attached hydrogen (secondary N) is 1. The lowest BCUT2D eigenvalue weighted by molar-refractivity contribution is 0.0730. The highest BCUT2D eigenvalue weighted by Gasteiger charge is 2.28. The predicted molar refractivity (Wildman–Crippen MR) is 155 cm³/mol.